The molecule has 208 valence electrons. The summed E-state index contributed by atoms with van der Waals surface area (Å²) in [7, 11) is 0. The summed E-state index contributed by atoms with van der Waals surface area (Å²) in [5.74, 6) is 1.48. The number of hydrogen-bond donors (Lipinski definition) is 0. The predicted molar refractivity (Wildman–Crippen MR) is 138 cm³/mol. The maximum Gasteiger partial charge on any atom is 0.410 e. The molecule has 2 saturated heterocycles. The minimum Gasteiger partial charge on any atom is -0.477 e. The van der Waals surface area contributed by atoms with Gasteiger partial charge in [0.2, 0.25) is 5.88 Å². The van der Waals surface area contributed by atoms with E-state index < -0.39 is 11.2 Å². The average Bonchev–Trinajstić information content (AvgIpc) is 2.79. The molecule has 1 aromatic rings. The first-order valence-corrected chi connectivity index (χ1v) is 13.3. The molecule has 0 aliphatic carbocycles. The van der Waals surface area contributed by atoms with E-state index in [4.69, 9.17) is 18.9 Å². The van der Waals surface area contributed by atoms with Crippen LogP contribution >= 0.6 is 0 Å². The maximum absolute atomic E-state index is 12.3. The Labute approximate surface area is 221 Å². The lowest BCUT2D eigenvalue weighted by Gasteiger charge is -2.33. The molecule has 2 aliphatic rings. The molecule has 0 aromatic carbocycles. The third-order valence-corrected chi connectivity index (χ3v) is 6.15. The van der Waals surface area contributed by atoms with E-state index in [-0.39, 0.29) is 18.3 Å². The molecule has 3 heterocycles. The summed E-state index contributed by atoms with van der Waals surface area (Å²) >= 11 is 0. The molecule has 0 spiro atoms. The molecule has 2 fully saturated rings. The Bertz CT molecular complexity index is 840. The van der Waals surface area contributed by atoms with Crippen molar-refractivity contribution in [1.29, 1.82) is 0 Å². The number of carbonyl (C=O) groups is 2. The van der Waals surface area contributed by atoms with Gasteiger partial charge in [-0.1, -0.05) is 0 Å². The second-order valence-corrected chi connectivity index (χ2v) is 12.0. The van der Waals surface area contributed by atoms with Crippen molar-refractivity contribution in [3.05, 3.63) is 17.6 Å². The molecule has 10 nitrogen and oxygen atoms in total. The van der Waals surface area contributed by atoms with E-state index in [2.05, 4.69) is 9.97 Å². The number of amides is 2. The largest absolute Gasteiger partial charge is 0.477 e. The highest BCUT2D eigenvalue weighted by atomic mass is 16.6. The quantitative estimate of drug-likeness (QED) is 0.530. The fourth-order valence-corrected chi connectivity index (χ4v) is 4.27. The molecule has 0 bridgehead atoms. The second kappa shape index (κ2) is 12.3. The van der Waals surface area contributed by atoms with Crippen molar-refractivity contribution in [3.63, 3.8) is 0 Å². The van der Waals surface area contributed by atoms with Crippen LogP contribution in [0.15, 0.2) is 6.07 Å². The second-order valence-electron chi connectivity index (χ2n) is 12.0. The van der Waals surface area contributed by atoms with E-state index in [1.54, 1.807) is 9.80 Å². The summed E-state index contributed by atoms with van der Waals surface area (Å²) in [6, 6.07) is 1.83. The summed E-state index contributed by atoms with van der Waals surface area (Å²) in [5.41, 5.74) is -0.159. The Hall–Kier alpha value is -2.62. The van der Waals surface area contributed by atoms with E-state index in [0.717, 1.165) is 31.4 Å². The van der Waals surface area contributed by atoms with Crippen LogP contribution in [0.5, 0.6) is 5.88 Å². The minimum atomic E-state index is -0.496. The molecule has 1 aromatic heterocycles. The van der Waals surface area contributed by atoms with Crippen LogP contribution in [0.25, 0.3) is 0 Å². The van der Waals surface area contributed by atoms with Gasteiger partial charge in [0.15, 0.2) is 5.82 Å². The van der Waals surface area contributed by atoms with Gasteiger partial charge in [-0.3, -0.25) is 0 Å². The SMILES string of the molecule is Cc1cc(OCC2CCN(C(=O)OC(C)(C)C)CC2)nc(COC2CCN(C(=O)OC(C)(C)C)CC2)n1. The standard InChI is InChI=1S/C27H44N4O6/c1-19-16-23(35-17-20-8-12-30(13-9-20)24(32)36-26(2,3)4)29-22(28-19)18-34-21-10-14-31(15-11-21)25(33)37-27(5,6)7/h16,20-21H,8-15,17-18H2,1-7H3. The highest BCUT2D eigenvalue weighted by molar-refractivity contribution is 5.68. The Kier molecular flexibility index (Phi) is 9.61. The number of nitrogens with zero attached hydrogens (tertiary/aromatic N) is 4. The zero-order chi connectivity index (χ0) is 27.2. The van der Waals surface area contributed by atoms with Crippen molar-refractivity contribution in [2.45, 2.75) is 98.1 Å². The smallest absolute Gasteiger partial charge is 0.410 e. The average molecular weight is 521 g/mol. The van der Waals surface area contributed by atoms with Gasteiger partial charge in [0, 0.05) is 37.9 Å². The zero-order valence-electron chi connectivity index (χ0n) is 23.5. The topological polar surface area (TPSA) is 103 Å². The lowest BCUT2D eigenvalue weighted by molar-refractivity contribution is -0.0188. The summed E-state index contributed by atoms with van der Waals surface area (Å²) in [6.45, 7) is 16.5. The van der Waals surface area contributed by atoms with Crippen LogP contribution in [0.2, 0.25) is 0 Å². The lowest BCUT2D eigenvalue weighted by Crippen LogP contribution is -2.43. The molecule has 3 rings (SSSR count). The van der Waals surface area contributed by atoms with Gasteiger partial charge in [-0.25, -0.2) is 14.6 Å². The molecule has 0 atom stereocenters. The van der Waals surface area contributed by atoms with Crippen molar-refractivity contribution in [1.82, 2.24) is 19.8 Å². The predicted octanol–water partition coefficient (Wildman–Crippen LogP) is 4.73. The van der Waals surface area contributed by atoms with Crippen LogP contribution < -0.4 is 4.74 Å². The Morgan fingerprint density at radius 3 is 1.89 bits per heavy atom. The zero-order valence-corrected chi connectivity index (χ0v) is 23.5. The highest BCUT2D eigenvalue weighted by Crippen LogP contribution is 2.22. The van der Waals surface area contributed by atoms with Crippen molar-refractivity contribution in [3.8, 4) is 5.88 Å². The Morgan fingerprint density at radius 1 is 0.865 bits per heavy atom. The van der Waals surface area contributed by atoms with Gasteiger partial charge in [-0.05, 0) is 80.1 Å². The minimum absolute atomic E-state index is 0.0438. The number of carbonyl (C=O) groups excluding carboxylic acids is 2. The third kappa shape index (κ3) is 9.98. The van der Waals surface area contributed by atoms with Crippen molar-refractivity contribution in [2.24, 2.45) is 5.92 Å². The summed E-state index contributed by atoms with van der Waals surface area (Å²) in [6.07, 6.45) is 2.74. The van der Waals surface area contributed by atoms with Gasteiger partial charge in [0.05, 0.1) is 12.7 Å². The fraction of sp³-hybridized carbons (Fsp3) is 0.778. The summed E-state index contributed by atoms with van der Waals surface area (Å²) in [4.78, 5) is 37.1. The molecule has 10 heteroatoms. The number of ether oxygens (including phenoxy) is 4. The molecule has 37 heavy (non-hydrogen) atoms. The van der Waals surface area contributed by atoms with Crippen LogP contribution in [-0.2, 0) is 20.8 Å². The molecule has 2 amide bonds. The molecule has 2 aliphatic heterocycles. The van der Waals surface area contributed by atoms with E-state index in [0.29, 0.717) is 57.0 Å². The van der Waals surface area contributed by atoms with Crippen molar-refractivity contribution < 1.29 is 28.5 Å². The van der Waals surface area contributed by atoms with E-state index in [1.165, 1.54) is 0 Å². The monoisotopic (exact) mass is 520 g/mol. The lowest BCUT2D eigenvalue weighted by atomic mass is 9.98. The van der Waals surface area contributed by atoms with Gasteiger partial charge in [0.25, 0.3) is 0 Å². The molecular weight excluding hydrogens is 476 g/mol. The molecule has 0 N–H and O–H groups in total. The third-order valence-electron chi connectivity index (χ3n) is 6.15. The van der Waals surface area contributed by atoms with Crippen LogP contribution in [0.1, 0.15) is 78.7 Å². The summed E-state index contributed by atoms with van der Waals surface area (Å²) in [5, 5.41) is 0. The Balaban J connectivity index is 1.40. The van der Waals surface area contributed by atoms with E-state index in [1.807, 2.05) is 54.5 Å². The first-order valence-electron chi connectivity index (χ1n) is 13.3. The van der Waals surface area contributed by atoms with E-state index in [9.17, 15) is 9.59 Å². The van der Waals surface area contributed by atoms with Gasteiger partial charge < -0.3 is 28.7 Å². The van der Waals surface area contributed by atoms with Crippen LogP contribution in [0, 0.1) is 12.8 Å². The van der Waals surface area contributed by atoms with Crippen molar-refractivity contribution in [2.75, 3.05) is 32.8 Å². The maximum atomic E-state index is 12.3. The van der Waals surface area contributed by atoms with Gasteiger partial charge in [-0.2, -0.15) is 4.98 Å². The number of hydrogen-bond acceptors (Lipinski definition) is 8. The van der Waals surface area contributed by atoms with Crippen LogP contribution in [-0.4, -0.2) is 82.0 Å². The first kappa shape index (κ1) is 28.9. The normalized spacial score (nSPS) is 18.0. The highest BCUT2D eigenvalue weighted by Gasteiger charge is 2.28. The summed E-state index contributed by atoms with van der Waals surface area (Å²) < 4.78 is 23.0. The van der Waals surface area contributed by atoms with Crippen LogP contribution in [0.4, 0.5) is 9.59 Å². The number of likely N-dealkylation sites (tertiary alicyclic amines) is 2. The molecule has 0 saturated carbocycles. The molecule has 0 unspecified atom stereocenters. The fourth-order valence-electron chi connectivity index (χ4n) is 4.27. The number of aromatic nitrogens is 2. The van der Waals surface area contributed by atoms with E-state index >= 15 is 0 Å². The van der Waals surface area contributed by atoms with Gasteiger partial charge in [-0.15, -0.1) is 0 Å². The number of piperidine rings is 2. The van der Waals surface area contributed by atoms with Crippen LogP contribution in [0.3, 0.4) is 0 Å². The van der Waals surface area contributed by atoms with Gasteiger partial charge >= 0.3 is 12.2 Å². The number of aryl methyl sites for hydroxylation is 1. The Morgan fingerprint density at radius 2 is 1.38 bits per heavy atom. The molecule has 0 radical (unpaired) electrons. The van der Waals surface area contributed by atoms with Gasteiger partial charge in [0.1, 0.15) is 17.8 Å². The van der Waals surface area contributed by atoms with Crippen molar-refractivity contribution >= 4 is 12.2 Å². The molecular formula is C27H44N4O6. The number of rotatable bonds is 6. The first-order chi connectivity index (χ1) is 17.3.